The van der Waals surface area contributed by atoms with Gasteiger partial charge in [0, 0.05) is 16.6 Å². The summed E-state index contributed by atoms with van der Waals surface area (Å²) < 4.78 is 1.71. The van der Waals surface area contributed by atoms with Crippen LogP contribution in [0.15, 0.2) is 72.8 Å². The highest BCUT2D eigenvalue weighted by molar-refractivity contribution is 6.31. The van der Waals surface area contributed by atoms with E-state index in [2.05, 4.69) is 5.32 Å². The van der Waals surface area contributed by atoms with Gasteiger partial charge in [0.05, 0.1) is 16.7 Å². The number of hydrogen-bond donors (Lipinski definition) is 2. The zero-order valence-electron chi connectivity index (χ0n) is 16.7. The fraction of sp³-hybridized carbons (Fsp3) is 0.0417. The number of para-hydroxylation sites is 2. The third-order valence-corrected chi connectivity index (χ3v) is 5.64. The fourth-order valence-corrected chi connectivity index (χ4v) is 3.95. The SMILES string of the molecule is Nc1c(C(=O)NCc2ccc(Cl)cc2)c2nc3ccccc3nc2n1-c1cccc(Cl)c1. The quantitative estimate of drug-likeness (QED) is 0.375. The highest BCUT2D eigenvalue weighted by Crippen LogP contribution is 2.31. The van der Waals surface area contributed by atoms with E-state index in [1.54, 1.807) is 28.8 Å². The molecule has 6 nitrogen and oxygen atoms in total. The van der Waals surface area contributed by atoms with Gasteiger partial charge in [-0.05, 0) is 48.0 Å². The van der Waals surface area contributed by atoms with Gasteiger partial charge in [0.25, 0.3) is 5.91 Å². The van der Waals surface area contributed by atoms with Gasteiger partial charge >= 0.3 is 0 Å². The number of nitrogens with zero attached hydrogens (tertiary/aromatic N) is 3. The number of amides is 1. The van der Waals surface area contributed by atoms with E-state index < -0.39 is 0 Å². The highest BCUT2D eigenvalue weighted by atomic mass is 35.5. The molecule has 158 valence electrons. The Morgan fingerprint density at radius 1 is 0.906 bits per heavy atom. The van der Waals surface area contributed by atoms with Gasteiger partial charge in [0.15, 0.2) is 5.65 Å². The van der Waals surface area contributed by atoms with E-state index in [1.807, 2.05) is 48.5 Å². The Bertz CT molecular complexity index is 1480. The normalized spacial score (nSPS) is 11.2. The standard InChI is InChI=1S/C24H17Cl2N5O/c25-15-10-8-14(9-11-15)13-28-24(32)20-21-23(30-19-7-2-1-6-18(19)29-21)31(22(20)27)17-5-3-4-16(26)12-17/h1-12H,13,27H2,(H,28,32). The second-order valence-electron chi connectivity index (χ2n) is 7.27. The number of rotatable bonds is 4. The van der Waals surface area contributed by atoms with E-state index in [0.717, 1.165) is 5.56 Å². The molecule has 0 fully saturated rings. The average molecular weight is 462 g/mol. The summed E-state index contributed by atoms with van der Waals surface area (Å²) in [6, 6.07) is 22.0. The Morgan fingerprint density at radius 3 is 2.34 bits per heavy atom. The van der Waals surface area contributed by atoms with Gasteiger partial charge in [0.1, 0.15) is 16.9 Å². The van der Waals surface area contributed by atoms with Crippen molar-refractivity contribution in [1.82, 2.24) is 19.9 Å². The number of carbonyl (C=O) groups excluding carboxylic acids is 1. The summed E-state index contributed by atoms with van der Waals surface area (Å²) in [6.07, 6.45) is 0. The Labute approximate surface area is 193 Å². The van der Waals surface area contributed by atoms with Gasteiger partial charge in [-0.2, -0.15) is 0 Å². The number of aromatic nitrogens is 3. The van der Waals surface area contributed by atoms with Gasteiger partial charge in [-0.1, -0.05) is 53.5 Å². The third kappa shape index (κ3) is 3.64. The zero-order chi connectivity index (χ0) is 22.2. The molecular weight excluding hydrogens is 445 g/mol. The number of nitrogen functional groups attached to an aromatic ring is 1. The van der Waals surface area contributed by atoms with Crippen molar-refractivity contribution in [2.24, 2.45) is 0 Å². The van der Waals surface area contributed by atoms with Crippen LogP contribution in [0.1, 0.15) is 15.9 Å². The molecule has 0 unspecified atom stereocenters. The molecule has 1 amide bonds. The summed E-state index contributed by atoms with van der Waals surface area (Å²) in [7, 11) is 0. The van der Waals surface area contributed by atoms with Crippen LogP contribution >= 0.6 is 23.2 Å². The van der Waals surface area contributed by atoms with Crippen molar-refractivity contribution in [2.75, 3.05) is 5.73 Å². The van der Waals surface area contributed by atoms with E-state index >= 15 is 0 Å². The maximum atomic E-state index is 13.2. The van der Waals surface area contributed by atoms with Gasteiger partial charge in [-0.25, -0.2) is 9.97 Å². The molecule has 0 bridgehead atoms. The third-order valence-electron chi connectivity index (χ3n) is 5.16. The summed E-state index contributed by atoms with van der Waals surface area (Å²) in [5.41, 5.74) is 10.7. The van der Waals surface area contributed by atoms with Crippen molar-refractivity contribution in [3.05, 3.63) is 94.0 Å². The van der Waals surface area contributed by atoms with Crippen molar-refractivity contribution < 1.29 is 4.79 Å². The van der Waals surface area contributed by atoms with E-state index in [1.165, 1.54) is 0 Å². The Hall–Kier alpha value is -3.61. The van der Waals surface area contributed by atoms with E-state index in [-0.39, 0.29) is 17.3 Å². The van der Waals surface area contributed by atoms with Crippen LogP contribution < -0.4 is 11.1 Å². The van der Waals surface area contributed by atoms with Gasteiger partial charge in [0.2, 0.25) is 0 Å². The van der Waals surface area contributed by atoms with Crippen LogP contribution in [0.5, 0.6) is 0 Å². The number of nitrogens with two attached hydrogens (primary N) is 1. The average Bonchev–Trinajstić information content (AvgIpc) is 3.07. The molecule has 8 heteroatoms. The first kappa shape index (κ1) is 20.3. The van der Waals surface area contributed by atoms with Crippen molar-refractivity contribution in [3.63, 3.8) is 0 Å². The van der Waals surface area contributed by atoms with Crippen LogP contribution in [0.25, 0.3) is 27.9 Å². The second-order valence-corrected chi connectivity index (χ2v) is 8.14. The van der Waals surface area contributed by atoms with E-state index in [9.17, 15) is 4.79 Å². The maximum Gasteiger partial charge on any atom is 0.257 e. The predicted octanol–water partition coefficient (Wildman–Crippen LogP) is 5.39. The number of halogens is 2. The van der Waals surface area contributed by atoms with Crippen molar-refractivity contribution >= 4 is 57.1 Å². The molecule has 0 radical (unpaired) electrons. The second kappa shape index (κ2) is 8.15. The smallest absolute Gasteiger partial charge is 0.257 e. The van der Waals surface area contributed by atoms with Crippen LogP contribution in [0, 0.1) is 0 Å². The van der Waals surface area contributed by atoms with Crippen molar-refractivity contribution in [3.8, 4) is 5.69 Å². The number of hydrogen-bond acceptors (Lipinski definition) is 4. The molecule has 0 saturated heterocycles. The molecule has 0 atom stereocenters. The van der Waals surface area contributed by atoms with Crippen molar-refractivity contribution in [2.45, 2.75) is 6.54 Å². The van der Waals surface area contributed by atoms with Gasteiger partial charge < -0.3 is 11.1 Å². The fourth-order valence-electron chi connectivity index (χ4n) is 3.63. The molecular formula is C24H17Cl2N5O. The van der Waals surface area contributed by atoms with Crippen LogP contribution in [0.3, 0.4) is 0 Å². The van der Waals surface area contributed by atoms with E-state index in [0.29, 0.717) is 44.5 Å². The molecule has 5 aromatic rings. The Morgan fingerprint density at radius 2 is 1.62 bits per heavy atom. The molecule has 2 aromatic heterocycles. The molecule has 32 heavy (non-hydrogen) atoms. The monoisotopic (exact) mass is 461 g/mol. The van der Waals surface area contributed by atoms with E-state index in [4.69, 9.17) is 38.9 Å². The summed E-state index contributed by atoms with van der Waals surface area (Å²) in [6.45, 7) is 0.320. The minimum absolute atomic E-state index is 0.242. The summed E-state index contributed by atoms with van der Waals surface area (Å²) in [5, 5.41) is 4.11. The lowest BCUT2D eigenvalue weighted by molar-refractivity contribution is 0.0953. The molecule has 0 saturated carbocycles. The van der Waals surface area contributed by atoms with Gasteiger partial charge in [-0.15, -0.1) is 0 Å². The molecule has 0 aliphatic rings. The molecule has 5 rings (SSSR count). The zero-order valence-corrected chi connectivity index (χ0v) is 18.2. The predicted molar refractivity (Wildman–Crippen MR) is 128 cm³/mol. The minimum atomic E-state index is -0.340. The van der Waals surface area contributed by atoms with Crippen molar-refractivity contribution in [1.29, 1.82) is 0 Å². The lowest BCUT2D eigenvalue weighted by Gasteiger charge is -2.09. The lowest BCUT2D eigenvalue weighted by Crippen LogP contribution is -2.24. The summed E-state index contributed by atoms with van der Waals surface area (Å²) in [4.78, 5) is 22.7. The largest absolute Gasteiger partial charge is 0.384 e. The topological polar surface area (TPSA) is 85.8 Å². The number of benzene rings is 3. The first-order valence-corrected chi connectivity index (χ1v) is 10.6. The van der Waals surface area contributed by atoms with Gasteiger partial charge in [-0.3, -0.25) is 9.36 Å². The molecule has 0 aliphatic carbocycles. The number of fused-ring (bicyclic) bond motifs is 2. The first-order valence-electron chi connectivity index (χ1n) is 9.86. The summed E-state index contributed by atoms with van der Waals surface area (Å²) >= 11 is 12.2. The number of anilines is 1. The molecule has 0 spiro atoms. The molecule has 2 heterocycles. The van der Waals surface area contributed by atoms with Crippen LogP contribution in [0.4, 0.5) is 5.82 Å². The van der Waals surface area contributed by atoms with Crippen LogP contribution in [-0.2, 0) is 6.54 Å². The number of nitrogens with one attached hydrogen (secondary N) is 1. The van der Waals surface area contributed by atoms with Crippen LogP contribution in [0.2, 0.25) is 10.0 Å². The summed E-state index contributed by atoms with van der Waals surface area (Å²) in [5.74, 6) is -0.0982. The molecule has 3 aromatic carbocycles. The lowest BCUT2D eigenvalue weighted by atomic mass is 10.2. The first-order chi connectivity index (χ1) is 15.5. The minimum Gasteiger partial charge on any atom is -0.384 e. The Kier molecular flexibility index (Phi) is 5.17. The molecule has 3 N–H and O–H groups in total. The van der Waals surface area contributed by atoms with Crippen LogP contribution in [-0.4, -0.2) is 20.4 Å². The maximum absolute atomic E-state index is 13.2. The number of carbonyl (C=O) groups is 1. The highest BCUT2D eigenvalue weighted by Gasteiger charge is 2.24. The Balaban J connectivity index is 1.65. The molecule has 0 aliphatic heterocycles.